The van der Waals surface area contributed by atoms with Crippen LogP contribution in [0.2, 0.25) is 0 Å². The molecule has 0 bridgehead atoms. The minimum atomic E-state index is 0.0272. The van der Waals surface area contributed by atoms with E-state index in [9.17, 15) is 5.11 Å². The standard InChI is InChI=1S/C14H26O/c1-2-3-4-5-6-7-14(15)13-9-11-8-12(11)10-13/h11-15H,2-10H2,1H3. The molecule has 0 saturated heterocycles. The van der Waals surface area contributed by atoms with Crippen molar-refractivity contribution in [2.75, 3.05) is 0 Å². The van der Waals surface area contributed by atoms with Crippen LogP contribution in [0.1, 0.15) is 64.7 Å². The molecule has 3 atom stereocenters. The highest BCUT2D eigenvalue weighted by Crippen LogP contribution is 2.55. The normalized spacial score (nSPS) is 35.2. The summed E-state index contributed by atoms with van der Waals surface area (Å²) in [5.74, 6) is 2.70. The molecule has 1 heteroatoms. The van der Waals surface area contributed by atoms with E-state index in [1.54, 1.807) is 0 Å². The first-order valence-corrected chi connectivity index (χ1v) is 6.99. The van der Waals surface area contributed by atoms with Gasteiger partial charge in [0.2, 0.25) is 0 Å². The van der Waals surface area contributed by atoms with Crippen molar-refractivity contribution >= 4 is 0 Å². The van der Waals surface area contributed by atoms with E-state index in [4.69, 9.17) is 0 Å². The minimum Gasteiger partial charge on any atom is -0.393 e. The zero-order chi connectivity index (χ0) is 10.7. The predicted molar refractivity (Wildman–Crippen MR) is 63.7 cm³/mol. The summed E-state index contributed by atoms with van der Waals surface area (Å²) >= 11 is 0. The predicted octanol–water partition coefficient (Wildman–Crippen LogP) is 3.75. The van der Waals surface area contributed by atoms with Crippen LogP contribution in [-0.4, -0.2) is 11.2 Å². The monoisotopic (exact) mass is 210 g/mol. The molecule has 0 amide bonds. The van der Waals surface area contributed by atoms with Crippen LogP contribution in [0.5, 0.6) is 0 Å². The molecule has 0 aromatic carbocycles. The molecule has 0 aliphatic heterocycles. The third kappa shape index (κ3) is 3.21. The fraction of sp³-hybridized carbons (Fsp3) is 1.00. The molecule has 3 unspecified atom stereocenters. The van der Waals surface area contributed by atoms with Gasteiger partial charge in [0.25, 0.3) is 0 Å². The van der Waals surface area contributed by atoms with Gasteiger partial charge in [-0.1, -0.05) is 39.0 Å². The zero-order valence-corrected chi connectivity index (χ0v) is 10.1. The van der Waals surface area contributed by atoms with Gasteiger partial charge >= 0.3 is 0 Å². The van der Waals surface area contributed by atoms with Crippen LogP contribution in [0.3, 0.4) is 0 Å². The van der Waals surface area contributed by atoms with Crippen LogP contribution < -0.4 is 0 Å². The van der Waals surface area contributed by atoms with E-state index in [2.05, 4.69) is 6.92 Å². The molecule has 2 rings (SSSR count). The summed E-state index contributed by atoms with van der Waals surface area (Å²) in [5, 5.41) is 10.0. The van der Waals surface area contributed by atoms with Gasteiger partial charge in [0, 0.05) is 0 Å². The third-order valence-electron chi connectivity index (χ3n) is 4.43. The van der Waals surface area contributed by atoms with Crippen molar-refractivity contribution < 1.29 is 5.11 Å². The van der Waals surface area contributed by atoms with Crippen LogP contribution in [-0.2, 0) is 0 Å². The van der Waals surface area contributed by atoms with Gasteiger partial charge in [-0.2, -0.15) is 0 Å². The molecular formula is C14H26O. The lowest BCUT2D eigenvalue weighted by molar-refractivity contribution is 0.0924. The van der Waals surface area contributed by atoms with Crippen LogP contribution >= 0.6 is 0 Å². The summed E-state index contributed by atoms with van der Waals surface area (Å²) < 4.78 is 0. The maximum Gasteiger partial charge on any atom is 0.0568 e. The Morgan fingerprint density at radius 3 is 2.33 bits per heavy atom. The molecule has 2 fully saturated rings. The van der Waals surface area contributed by atoms with Crippen LogP contribution in [0.25, 0.3) is 0 Å². The largest absolute Gasteiger partial charge is 0.393 e. The highest BCUT2D eigenvalue weighted by molar-refractivity contribution is 4.97. The average Bonchev–Trinajstić information content (AvgIpc) is 2.85. The second kappa shape index (κ2) is 5.34. The number of fused-ring (bicyclic) bond motifs is 1. The van der Waals surface area contributed by atoms with Crippen molar-refractivity contribution in [1.82, 2.24) is 0 Å². The van der Waals surface area contributed by atoms with E-state index in [0.29, 0.717) is 5.92 Å². The van der Waals surface area contributed by atoms with Crippen LogP contribution in [0.4, 0.5) is 0 Å². The van der Waals surface area contributed by atoms with E-state index in [0.717, 1.165) is 18.3 Å². The first-order valence-electron chi connectivity index (χ1n) is 6.99. The molecule has 2 saturated carbocycles. The zero-order valence-electron chi connectivity index (χ0n) is 10.1. The van der Waals surface area contributed by atoms with Gasteiger partial charge in [-0.05, 0) is 43.4 Å². The number of aliphatic hydroxyl groups is 1. The molecule has 0 spiro atoms. The second-order valence-electron chi connectivity index (χ2n) is 5.76. The first-order chi connectivity index (χ1) is 7.31. The van der Waals surface area contributed by atoms with E-state index in [1.807, 2.05) is 0 Å². The lowest BCUT2D eigenvalue weighted by atomic mass is 9.93. The van der Waals surface area contributed by atoms with Crippen molar-refractivity contribution in [1.29, 1.82) is 0 Å². The molecule has 0 aromatic rings. The number of hydrogen-bond donors (Lipinski definition) is 1. The minimum absolute atomic E-state index is 0.0272. The summed E-state index contributed by atoms with van der Waals surface area (Å²) in [6.45, 7) is 2.25. The maximum atomic E-state index is 10.0. The Labute approximate surface area is 94.3 Å². The molecule has 15 heavy (non-hydrogen) atoms. The molecule has 0 radical (unpaired) electrons. The Balaban J connectivity index is 1.51. The SMILES string of the molecule is CCCCCCCC(O)C1CC2CC2C1. The number of aliphatic hydroxyl groups excluding tert-OH is 1. The van der Waals surface area contributed by atoms with E-state index in [-0.39, 0.29) is 6.10 Å². The molecule has 2 aliphatic carbocycles. The maximum absolute atomic E-state index is 10.0. The van der Waals surface area contributed by atoms with Crippen molar-refractivity contribution in [3.63, 3.8) is 0 Å². The Kier molecular flexibility index (Phi) is 4.07. The van der Waals surface area contributed by atoms with Gasteiger partial charge in [0.15, 0.2) is 0 Å². The first kappa shape index (κ1) is 11.4. The summed E-state index contributed by atoms with van der Waals surface area (Å²) in [6, 6.07) is 0. The summed E-state index contributed by atoms with van der Waals surface area (Å²) in [4.78, 5) is 0. The van der Waals surface area contributed by atoms with Crippen molar-refractivity contribution in [2.24, 2.45) is 17.8 Å². The fourth-order valence-electron chi connectivity index (χ4n) is 3.27. The Morgan fingerprint density at radius 2 is 1.67 bits per heavy atom. The van der Waals surface area contributed by atoms with Gasteiger partial charge in [0.05, 0.1) is 6.10 Å². The average molecular weight is 210 g/mol. The molecule has 1 nitrogen and oxygen atoms in total. The van der Waals surface area contributed by atoms with Gasteiger partial charge in [-0.15, -0.1) is 0 Å². The Bertz CT molecular complexity index is 180. The van der Waals surface area contributed by atoms with Crippen LogP contribution in [0.15, 0.2) is 0 Å². The van der Waals surface area contributed by atoms with Gasteiger partial charge in [-0.3, -0.25) is 0 Å². The highest BCUT2D eigenvalue weighted by atomic mass is 16.3. The number of unbranched alkanes of at least 4 members (excludes halogenated alkanes) is 4. The molecule has 1 N–H and O–H groups in total. The summed E-state index contributed by atoms with van der Waals surface area (Å²) in [6.07, 6.45) is 11.8. The van der Waals surface area contributed by atoms with E-state index in [1.165, 1.54) is 51.4 Å². The van der Waals surface area contributed by atoms with E-state index < -0.39 is 0 Å². The van der Waals surface area contributed by atoms with Gasteiger partial charge in [-0.25, -0.2) is 0 Å². The topological polar surface area (TPSA) is 20.2 Å². The molecule has 2 aliphatic rings. The molecule has 88 valence electrons. The lowest BCUT2D eigenvalue weighted by Gasteiger charge is -2.19. The second-order valence-corrected chi connectivity index (χ2v) is 5.76. The van der Waals surface area contributed by atoms with E-state index >= 15 is 0 Å². The molecular weight excluding hydrogens is 184 g/mol. The molecule has 0 aromatic heterocycles. The van der Waals surface area contributed by atoms with Crippen LogP contribution in [0, 0.1) is 17.8 Å². The van der Waals surface area contributed by atoms with Gasteiger partial charge < -0.3 is 5.11 Å². The quantitative estimate of drug-likeness (QED) is 0.634. The highest BCUT2D eigenvalue weighted by Gasteiger charge is 2.47. The van der Waals surface area contributed by atoms with Crippen molar-refractivity contribution in [3.8, 4) is 0 Å². The summed E-state index contributed by atoms with van der Waals surface area (Å²) in [5.41, 5.74) is 0. The third-order valence-corrected chi connectivity index (χ3v) is 4.43. The van der Waals surface area contributed by atoms with Gasteiger partial charge in [0.1, 0.15) is 0 Å². The Morgan fingerprint density at radius 1 is 1.00 bits per heavy atom. The van der Waals surface area contributed by atoms with Crippen molar-refractivity contribution in [3.05, 3.63) is 0 Å². The fourth-order valence-corrected chi connectivity index (χ4v) is 3.27. The van der Waals surface area contributed by atoms with Crippen molar-refractivity contribution in [2.45, 2.75) is 70.8 Å². The lowest BCUT2D eigenvalue weighted by Crippen LogP contribution is -2.18. The number of rotatable bonds is 7. The number of hydrogen-bond acceptors (Lipinski definition) is 1. The summed E-state index contributed by atoms with van der Waals surface area (Å²) in [7, 11) is 0. The Hall–Kier alpha value is -0.0400. The smallest absolute Gasteiger partial charge is 0.0568 e. The molecule has 0 heterocycles.